The highest BCUT2D eigenvalue weighted by Gasteiger charge is 2.42. The van der Waals surface area contributed by atoms with E-state index in [1.54, 1.807) is 16.3 Å². The topological polar surface area (TPSA) is 41.6 Å². The molecule has 30 heavy (non-hydrogen) atoms. The Labute approximate surface area is 173 Å². The summed E-state index contributed by atoms with van der Waals surface area (Å²) in [7, 11) is 0. The van der Waals surface area contributed by atoms with Gasteiger partial charge in [-0.05, 0) is 18.2 Å². The summed E-state index contributed by atoms with van der Waals surface area (Å²) < 4.78 is 99.7. The fraction of sp³-hybridized carbons (Fsp3) is 0.278. The quantitative estimate of drug-likeness (QED) is 0.470. The predicted molar refractivity (Wildman–Crippen MR) is 96.4 cm³/mol. The molecule has 2 aromatic carbocycles. The maximum Gasteiger partial charge on any atom is 0.422 e. The summed E-state index contributed by atoms with van der Waals surface area (Å²) in [6.45, 7) is 1.49. The van der Waals surface area contributed by atoms with Crippen molar-refractivity contribution in [1.82, 2.24) is 0 Å². The van der Waals surface area contributed by atoms with E-state index in [4.69, 9.17) is 4.74 Å². The number of amides is 1. The SMILES string of the molecule is O=C(Nc1c(F)c(F)c(C(F)(F)F)c(F)c1F)c1ccc(Br)cc1N1CCOCC1. The van der Waals surface area contributed by atoms with Crippen molar-refractivity contribution < 1.29 is 40.3 Å². The van der Waals surface area contributed by atoms with Crippen LogP contribution in [-0.4, -0.2) is 32.2 Å². The number of carbonyl (C=O) groups excluding carboxylic acids is 1. The molecule has 0 spiro atoms. The largest absolute Gasteiger partial charge is 0.422 e. The number of hydrogen-bond donors (Lipinski definition) is 1. The van der Waals surface area contributed by atoms with E-state index in [2.05, 4.69) is 15.9 Å². The molecular weight excluding hydrogens is 489 g/mol. The monoisotopic (exact) mass is 500 g/mol. The van der Waals surface area contributed by atoms with Crippen LogP contribution in [0.5, 0.6) is 0 Å². The molecule has 0 unspecified atom stereocenters. The number of rotatable bonds is 3. The van der Waals surface area contributed by atoms with Gasteiger partial charge >= 0.3 is 6.18 Å². The minimum Gasteiger partial charge on any atom is -0.378 e. The second-order valence-corrected chi connectivity index (χ2v) is 7.13. The van der Waals surface area contributed by atoms with E-state index in [0.29, 0.717) is 36.5 Å². The zero-order valence-corrected chi connectivity index (χ0v) is 16.4. The van der Waals surface area contributed by atoms with Gasteiger partial charge in [0.2, 0.25) is 0 Å². The molecule has 3 rings (SSSR count). The van der Waals surface area contributed by atoms with Crippen LogP contribution in [0.2, 0.25) is 0 Å². The second kappa shape index (κ2) is 8.42. The molecule has 12 heteroatoms. The van der Waals surface area contributed by atoms with Crippen LogP contribution >= 0.6 is 15.9 Å². The molecule has 1 fully saturated rings. The summed E-state index contributed by atoms with van der Waals surface area (Å²) in [5.74, 6) is -11.2. The summed E-state index contributed by atoms with van der Waals surface area (Å²) >= 11 is 3.23. The first-order valence-corrected chi connectivity index (χ1v) is 9.18. The number of hydrogen-bond acceptors (Lipinski definition) is 3. The minimum atomic E-state index is -5.67. The number of halogens is 8. The molecule has 0 aliphatic carbocycles. The normalized spacial score (nSPS) is 14.7. The third kappa shape index (κ3) is 4.24. The van der Waals surface area contributed by atoms with E-state index in [1.807, 2.05) is 0 Å². The standard InChI is InChI=1S/C18H12BrF7N2O2/c19-8-1-2-9(10(7-8)28-3-5-30-6-4-28)17(29)27-16-14(22)12(20)11(18(24,25)26)13(21)15(16)23/h1-2,7H,3-6H2,(H,27,29). The average Bonchev–Trinajstić information content (AvgIpc) is 2.69. The molecule has 1 aliphatic rings. The third-order valence-corrected chi connectivity index (χ3v) is 4.83. The summed E-state index contributed by atoms with van der Waals surface area (Å²) in [4.78, 5) is 14.4. The van der Waals surface area contributed by atoms with Gasteiger partial charge in [0.25, 0.3) is 5.91 Å². The molecule has 4 nitrogen and oxygen atoms in total. The van der Waals surface area contributed by atoms with Crippen molar-refractivity contribution in [1.29, 1.82) is 0 Å². The summed E-state index contributed by atoms with van der Waals surface area (Å²) in [6, 6.07) is 4.27. The molecule has 1 N–H and O–H groups in total. The lowest BCUT2D eigenvalue weighted by molar-refractivity contribution is -0.143. The number of alkyl halides is 3. The van der Waals surface area contributed by atoms with Gasteiger partial charge in [-0.15, -0.1) is 0 Å². The van der Waals surface area contributed by atoms with Gasteiger partial charge in [0.15, 0.2) is 23.3 Å². The Morgan fingerprint density at radius 1 is 1.00 bits per heavy atom. The van der Waals surface area contributed by atoms with Crippen molar-refractivity contribution in [3.8, 4) is 0 Å². The molecule has 0 atom stereocenters. The van der Waals surface area contributed by atoms with Crippen LogP contribution in [0.3, 0.4) is 0 Å². The van der Waals surface area contributed by atoms with Crippen LogP contribution in [0.25, 0.3) is 0 Å². The Hall–Kier alpha value is -2.34. The maximum atomic E-state index is 14.1. The molecule has 162 valence electrons. The van der Waals surface area contributed by atoms with Crippen molar-refractivity contribution in [2.75, 3.05) is 36.5 Å². The van der Waals surface area contributed by atoms with Crippen LogP contribution in [0.15, 0.2) is 22.7 Å². The molecule has 0 saturated carbocycles. The lowest BCUT2D eigenvalue weighted by Gasteiger charge is -2.30. The van der Waals surface area contributed by atoms with Crippen LogP contribution < -0.4 is 10.2 Å². The van der Waals surface area contributed by atoms with E-state index in [-0.39, 0.29) is 5.56 Å². The Kier molecular flexibility index (Phi) is 6.27. The molecule has 1 amide bonds. The highest BCUT2D eigenvalue weighted by Crippen LogP contribution is 2.38. The average molecular weight is 501 g/mol. The van der Waals surface area contributed by atoms with E-state index >= 15 is 0 Å². The molecule has 2 aromatic rings. The van der Waals surface area contributed by atoms with Crippen LogP contribution in [0, 0.1) is 23.3 Å². The van der Waals surface area contributed by atoms with Crippen LogP contribution in [0.1, 0.15) is 15.9 Å². The third-order valence-electron chi connectivity index (χ3n) is 4.34. The number of carbonyl (C=O) groups is 1. The van der Waals surface area contributed by atoms with Gasteiger partial charge in [0.1, 0.15) is 11.3 Å². The molecule has 1 aliphatic heterocycles. The first-order chi connectivity index (χ1) is 14.0. The van der Waals surface area contributed by atoms with Gasteiger partial charge in [0.05, 0.1) is 24.5 Å². The minimum absolute atomic E-state index is 0.111. The molecule has 1 saturated heterocycles. The second-order valence-electron chi connectivity index (χ2n) is 6.22. The highest BCUT2D eigenvalue weighted by molar-refractivity contribution is 9.10. The number of nitrogens with zero attached hydrogens (tertiary/aromatic N) is 1. The zero-order chi connectivity index (χ0) is 22.2. The van der Waals surface area contributed by atoms with E-state index in [9.17, 15) is 35.5 Å². The first-order valence-electron chi connectivity index (χ1n) is 8.39. The van der Waals surface area contributed by atoms with Gasteiger partial charge in [0, 0.05) is 17.6 Å². The van der Waals surface area contributed by atoms with Gasteiger partial charge in [-0.1, -0.05) is 15.9 Å². The lowest BCUT2D eigenvalue weighted by atomic mass is 10.1. The molecule has 0 aromatic heterocycles. The highest BCUT2D eigenvalue weighted by atomic mass is 79.9. The Morgan fingerprint density at radius 2 is 1.57 bits per heavy atom. The lowest BCUT2D eigenvalue weighted by Crippen LogP contribution is -2.37. The number of anilines is 2. The number of morpholine rings is 1. The summed E-state index contributed by atoms with van der Waals surface area (Å²) in [6.07, 6.45) is -5.67. The van der Waals surface area contributed by atoms with E-state index < -0.39 is 46.6 Å². The van der Waals surface area contributed by atoms with Gasteiger partial charge in [-0.25, -0.2) is 17.6 Å². The Morgan fingerprint density at radius 3 is 2.10 bits per heavy atom. The zero-order valence-electron chi connectivity index (χ0n) is 14.8. The maximum absolute atomic E-state index is 14.1. The van der Waals surface area contributed by atoms with Crippen LogP contribution in [-0.2, 0) is 10.9 Å². The fourth-order valence-corrected chi connectivity index (χ4v) is 3.28. The predicted octanol–water partition coefficient (Wildman–Crippen LogP) is 5.11. The summed E-state index contributed by atoms with van der Waals surface area (Å²) in [5.41, 5.74) is -4.15. The van der Waals surface area contributed by atoms with Gasteiger partial charge in [-0.3, -0.25) is 4.79 Å². The van der Waals surface area contributed by atoms with Crippen molar-refractivity contribution in [2.45, 2.75) is 6.18 Å². The molecule has 1 heterocycles. The van der Waals surface area contributed by atoms with Gasteiger partial charge in [-0.2, -0.15) is 13.2 Å². The van der Waals surface area contributed by atoms with Crippen molar-refractivity contribution >= 4 is 33.2 Å². The van der Waals surface area contributed by atoms with E-state index in [1.165, 1.54) is 12.1 Å². The first kappa shape index (κ1) is 22.3. The van der Waals surface area contributed by atoms with Gasteiger partial charge < -0.3 is 15.0 Å². The number of benzene rings is 2. The number of ether oxygens (including phenoxy) is 1. The van der Waals surface area contributed by atoms with Crippen molar-refractivity contribution in [3.63, 3.8) is 0 Å². The van der Waals surface area contributed by atoms with Crippen LogP contribution in [0.4, 0.5) is 42.1 Å². The van der Waals surface area contributed by atoms with E-state index in [0.717, 1.165) is 0 Å². The smallest absolute Gasteiger partial charge is 0.378 e. The Bertz CT molecular complexity index is 962. The molecule has 0 bridgehead atoms. The number of nitrogens with one attached hydrogen (secondary N) is 1. The van der Waals surface area contributed by atoms with Crippen molar-refractivity contribution in [3.05, 3.63) is 57.1 Å². The summed E-state index contributed by atoms with van der Waals surface area (Å²) in [5, 5.41) is 1.64. The Balaban J connectivity index is 2.02. The molecule has 0 radical (unpaired) electrons. The molecular formula is C18H12BrF7N2O2. The van der Waals surface area contributed by atoms with Crippen molar-refractivity contribution in [2.24, 2.45) is 0 Å². The fourth-order valence-electron chi connectivity index (χ4n) is 2.93.